The number of hydrogen-bond donors (Lipinski definition) is 1. The molecule has 2 rings (SSSR count). The summed E-state index contributed by atoms with van der Waals surface area (Å²) in [6.07, 6.45) is 6.72. The van der Waals surface area contributed by atoms with Gasteiger partial charge in [-0.3, -0.25) is 4.90 Å². The summed E-state index contributed by atoms with van der Waals surface area (Å²) in [4.78, 5) is 5.21. The van der Waals surface area contributed by atoms with Gasteiger partial charge in [0.1, 0.15) is 0 Å². The SMILES string of the molecule is CC(C)CCN1CCN(C2CCC(C(C)C)CC2)[C@H](CO)C1. The second-order valence-electron chi connectivity index (χ2n) is 8.37. The van der Waals surface area contributed by atoms with Crippen molar-refractivity contribution in [1.82, 2.24) is 9.80 Å². The normalized spacial score (nSPS) is 32.0. The van der Waals surface area contributed by atoms with Gasteiger partial charge in [0, 0.05) is 31.7 Å². The quantitative estimate of drug-likeness (QED) is 0.816. The fourth-order valence-corrected chi connectivity index (χ4v) is 4.32. The average molecular weight is 311 g/mol. The smallest absolute Gasteiger partial charge is 0.0599 e. The largest absolute Gasteiger partial charge is 0.395 e. The summed E-state index contributed by atoms with van der Waals surface area (Å²) in [6, 6.07) is 1.08. The summed E-state index contributed by atoms with van der Waals surface area (Å²) >= 11 is 0. The van der Waals surface area contributed by atoms with Crippen molar-refractivity contribution in [3.05, 3.63) is 0 Å². The zero-order valence-corrected chi connectivity index (χ0v) is 15.3. The number of aliphatic hydroxyl groups excluding tert-OH is 1. The van der Waals surface area contributed by atoms with Gasteiger partial charge in [0.25, 0.3) is 0 Å². The van der Waals surface area contributed by atoms with Crippen LogP contribution in [-0.4, -0.2) is 59.8 Å². The molecular formula is C19H38N2O. The Hall–Kier alpha value is -0.120. The van der Waals surface area contributed by atoms with E-state index < -0.39 is 0 Å². The van der Waals surface area contributed by atoms with Gasteiger partial charge in [-0.2, -0.15) is 0 Å². The van der Waals surface area contributed by atoms with Crippen molar-refractivity contribution in [3.63, 3.8) is 0 Å². The molecule has 2 aliphatic rings. The van der Waals surface area contributed by atoms with Crippen LogP contribution in [0.1, 0.15) is 59.8 Å². The maximum atomic E-state index is 9.86. The Balaban J connectivity index is 1.82. The molecule has 0 aromatic heterocycles. The Kier molecular flexibility index (Phi) is 7.17. The lowest BCUT2D eigenvalue weighted by molar-refractivity contribution is -0.00583. The number of piperazine rings is 1. The molecule has 0 amide bonds. The molecule has 1 atom stereocenters. The highest BCUT2D eigenvalue weighted by Gasteiger charge is 2.34. The van der Waals surface area contributed by atoms with Gasteiger partial charge in [0.05, 0.1) is 6.61 Å². The second kappa shape index (κ2) is 8.65. The molecule has 1 aliphatic carbocycles. The first-order chi connectivity index (χ1) is 10.5. The van der Waals surface area contributed by atoms with Crippen molar-refractivity contribution in [1.29, 1.82) is 0 Å². The van der Waals surface area contributed by atoms with Gasteiger partial charge in [-0.15, -0.1) is 0 Å². The lowest BCUT2D eigenvalue weighted by atomic mass is 9.79. The Morgan fingerprint density at radius 1 is 1.00 bits per heavy atom. The zero-order valence-electron chi connectivity index (χ0n) is 15.3. The maximum Gasteiger partial charge on any atom is 0.0599 e. The van der Waals surface area contributed by atoms with E-state index in [4.69, 9.17) is 0 Å². The number of hydrogen-bond acceptors (Lipinski definition) is 3. The fraction of sp³-hybridized carbons (Fsp3) is 1.00. The summed E-state index contributed by atoms with van der Waals surface area (Å²) in [5.74, 6) is 2.54. The molecule has 0 spiro atoms. The van der Waals surface area contributed by atoms with E-state index in [2.05, 4.69) is 37.5 Å². The van der Waals surface area contributed by atoms with E-state index in [-0.39, 0.29) is 0 Å². The standard InChI is InChI=1S/C19H38N2O/c1-15(2)9-10-20-11-12-21(19(13-20)14-22)18-7-5-17(6-8-18)16(3)4/h15-19,22H,5-14H2,1-4H3/t17?,18?,19-/m0/s1. The van der Waals surface area contributed by atoms with E-state index in [1.54, 1.807) is 0 Å². The van der Waals surface area contributed by atoms with Crippen molar-refractivity contribution in [2.75, 3.05) is 32.8 Å². The Labute approximate surface area is 138 Å². The van der Waals surface area contributed by atoms with E-state index in [0.717, 1.165) is 36.9 Å². The highest BCUT2D eigenvalue weighted by Crippen LogP contribution is 2.33. The fourth-order valence-electron chi connectivity index (χ4n) is 4.32. The monoisotopic (exact) mass is 310 g/mol. The first kappa shape index (κ1) is 18.2. The molecular weight excluding hydrogens is 272 g/mol. The van der Waals surface area contributed by atoms with Crippen molar-refractivity contribution in [2.45, 2.75) is 71.9 Å². The van der Waals surface area contributed by atoms with Gasteiger partial charge in [0.15, 0.2) is 0 Å². The van der Waals surface area contributed by atoms with Crippen LogP contribution in [0.15, 0.2) is 0 Å². The first-order valence-corrected chi connectivity index (χ1v) is 9.60. The van der Waals surface area contributed by atoms with Crippen LogP contribution in [0.2, 0.25) is 0 Å². The minimum Gasteiger partial charge on any atom is -0.395 e. The van der Waals surface area contributed by atoms with Crippen molar-refractivity contribution < 1.29 is 5.11 Å². The molecule has 1 heterocycles. The van der Waals surface area contributed by atoms with Gasteiger partial charge < -0.3 is 10.0 Å². The molecule has 0 aromatic rings. The highest BCUT2D eigenvalue weighted by molar-refractivity contribution is 4.89. The Morgan fingerprint density at radius 3 is 2.23 bits per heavy atom. The number of rotatable bonds is 6. The minimum absolute atomic E-state index is 0.322. The molecule has 1 saturated heterocycles. The number of aliphatic hydroxyl groups is 1. The van der Waals surface area contributed by atoms with Crippen LogP contribution in [0, 0.1) is 17.8 Å². The van der Waals surface area contributed by atoms with Crippen LogP contribution in [0.5, 0.6) is 0 Å². The summed E-state index contributed by atoms with van der Waals surface area (Å²) in [5.41, 5.74) is 0. The van der Waals surface area contributed by atoms with E-state index in [0.29, 0.717) is 12.6 Å². The molecule has 22 heavy (non-hydrogen) atoms. The Morgan fingerprint density at radius 2 is 1.68 bits per heavy atom. The zero-order chi connectivity index (χ0) is 16.1. The topological polar surface area (TPSA) is 26.7 Å². The molecule has 1 aliphatic heterocycles. The van der Waals surface area contributed by atoms with Crippen LogP contribution in [0.4, 0.5) is 0 Å². The van der Waals surface area contributed by atoms with Crippen LogP contribution >= 0.6 is 0 Å². The molecule has 1 saturated carbocycles. The van der Waals surface area contributed by atoms with Gasteiger partial charge in [-0.05, 0) is 56.4 Å². The Bertz CT molecular complexity index is 311. The third-order valence-electron chi connectivity index (χ3n) is 6.00. The summed E-state index contributed by atoms with van der Waals surface area (Å²) in [7, 11) is 0. The lowest BCUT2D eigenvalue weighted by Gasteiger charge is -2.47. The molecule has 3 nitrogen and oxygen atoms in total. The van der Waals surface area contributed by atoms with Gasteiger partial charge >= 0.3 is 0 Å². The minimum atomic E-state index is 0.322. The molecule has 0 bridgehead atoms. The molecule has 0 unspecified atom stereocenters. The molecule has 3 heteroatoms. The first-order valence-electron chi connectivity index (χ1n) is 9.60. The number of nitrogens with zero attached hydrogens (tertiary/aromatic N) is 2. The van der Waals surface area contributed by atoms with E-state index >= 15 is 0 Å². The van der Waals surface area contributed by atoms with Crippen LogP contribution < -0.4 is 0 Å². The molecule has 0 radical (unpaired) electrons. The van der Waals surface area contributed by atoms with Crippen molar-refractivity contribution in [2.24, 2.45) is 17.8 Å². The van der Waals surface area contributed by atoms with E-state index in [9.17, 15) is 5.11 Å². The van der Waals surface area contributed by atoms with Crippen LogP contribution in [-0.2, 0) is 0 Å². The van der Waals surface area contributed by atoms with Gasteiger partial charge in [0.2, 0.25) is 0 Å². The summed E-state index contributed by atoms with van der Waals surface area (Å²) in [5, 5.41) is 9.86. The summed E-state index contributed by atoms with van der Waals surface area (Å²) in [6.45, 7) is 14.3. The van der Waals surface area contributed by atoms with E-state index in [1.165, 1.54) is 45.2 Å². The third-order valence-corrected chi connectivity index (χ3v) is 6.00. The van der Waals surface area contributed by atoms with Crippen LogP contribution in [0.3, 0.4) is 0 Å². The second-order valence-corrected chi connectivity index (χ2v) is 8.37. The molecule has 1 N–H and O–H groups in total. The van der Waals surface area contributed by atoms with E-state index in [1.807, 2.05) is 0 Å². The predicted octanol–water partition coefficient (Wildman–Crippen LogP) is 3.23. The van der Waals surface area contributed by atoms with Crippen LogP contribution in [0.25, 0.3) is 0 Å². The maximum absolute atomic E-state index is 9.86. The highest BCUT2D eigenvalue weighted by atomic mass is 16.3. The van der Waals surface area contributed by atoms with Crippen molar-refractivity contribution >= 4 is 0 Å². The molecule has 0 aromatic carbocycles. The van der Waals surface area contributed by atoms with Gasteiger partial charge in [-0.1, -0.05) is 27.7 Å². The molecule has 130 valence electrons. The third kappa shape index (κ3) is 4.94. The predicted molar refractivity (Wildman–Crippen MR) is 94.1 cm³/mol. The summed E-state index contributed by atoms with van der Waals surface area (Å²) < 4.78 is 0. The molecule has 2 fully saturated rings. The average Bonchev–Trinajstić information content (AvgIpc) is 2.52. The lowest BCUT2D eigenvalue weighted by Crippen LogP contribution is -2.58. The van der Waals surface area contributed by atoms with Gasteiger partial charge in [-0.25, -0.2) is 0 Å². The van der Waals surface area contributed by atoms with Crippen molar-refractivity contribution in [3.8, 4) is 0 Å².